The van der Waals surface area contributed by atoms with Crippen LogP contribution in [0.3, 0.4) is 0 Å². The molecule has 6 nitrogen and oxygen atoms in total. The number of rotatable bonds is 2. The number of nitrogens with zero attached hydrogens (tertiary/aromatic N) is 1. The van der Waals surface area contributed by atoms with E-state index in [1.54, 1.807) is 37.4 Å². The second-order valence-corrected chi connectivity index (χ2v) is 5.68. The summed E-state index contributed by atoms with van der Waals surface area (Å²) < 4.78 is 18.4. The molecule has 3 heterocycles. The van der Waals surface area contributed by atoms with Gasteiger partial charge in [-0.1, -0.05) is 0 Å². The van der Waals surface area contributed by atoms with E-state index in [0.29, 0.717) is 22.5 Å². The van der Waals surface area contributed by atoms with E-state index in [4.69, 9.17) is 4.74 Å². The Bertz CT molecular complexity index is 1080. The number of aromatic nitrogens is 3. The summed E-state index contributed by atoms with van der Waals surface area (Å²) in [6, 6.07) is 7.62. The highest BCUT2D eigenvalue weighted by atomic mass is 19.1. The normalized spacial score (nSPS) is 14.6. The van der Waals surface area contributed by atoms with Crippen LogP contribution >= 0.6 is 0 Å². The lowest BCUT2D eigenvalue weighted by atomic mass is 10.0. The van der Waals surface area contributed by atoms with Gasteiger partial charge in [-0.25, -0.2) is 9.18 Å². The van der Waals surface area contributed by atoms with Gasteiger partial charge in [0.15, 0.2) is 0 Å². The Labute approximate surface area is 141 Å². The van der Waals surface area contributed by atoms with Crippen molar-refractivity contribution in [2.45, 2.75) is 6.92 Å². The van der Waals surface area contributed by atoms with Gasteiger partial charge in [-0.15, -0.1) is 0 Å². The van der Waals surface area contributed by atoms with Crippen molar-refractivity contribution in [3.63, 3.8) is 0 Å². The molecule has 7 heteroatoms. The van der Waals surface area contributed by atoms with Gasteiger partial charge in [0.2, 0.25) is 0 Å². The first-order chi connectivity index (χ1) is 12.0. The Hall–Kier alpha value is -3.48. The molecule has 0 unspecified atom stereocenters. The third kappa shape index (κ3) is 2.55. The molecule has 25 heavy (non-hydrogen) atoms. The zero-order chi connectivity index (χ0) is 17.6. The molecule has 0 saturated carbocycles. The molecule has 124 valence electrons. The molecule has 4 rings (SSSR count). The van der Waals surface area contributed by atoms with E-state index in [0.717, 1.165) is 5.56 Å². The Morgan fingerprint density at radius 2 is 1.96 bits per heavy atom. The second-order valence-electron chi connectivity index (χ2n) is 5.68. The van der Waals surface area contributed by atoms with Gasteiger partial charge in [0.05, 0.1) is 11.9 Å². The SMILES string of the molecule is Cc1cc2c(c(=O)[nH]1)C(=O)O/C2=C/c1cn[nH]c1-c1ccc(F)cc1. The quantitative estimate of drug-likeness (QED) is 0.704. The fourth-order valence-electron chi connectivity index (χ4n) is 2.79. The number of halogens is 1. The summed E-state index contributed by atoms with van der Waals surface area (Å²) in [6.07, 6.45) is 3.20. The van der Waals surface area contributed by atoms with Crippen LogP contribution in [0, 0.1) is 12.7 Å². The Morgan fingerprint density at radius 3 is 2.72 bits per heavy atom. The number of cyclic esters (lactones) is 1. The van der Waals surface area contributed by atoms with Gasteiger partial charge in [-0.3, -0.25) is 9.89 Å². The van der Waals surface area contributed by atoms with Crippen molar-refractivity contribution in [1.82, 2.24) is 15.2 Å². The summed E-state index contributed by atoms with van der Waals surface area (Å²) in [4.78, 5) is 26.5. The summed E-state index contributed by atoms with van der Waals surface area (Å²) in [6.45, 7) is 1.73. The first-order valence-electron chi connectivity index (χ1n) is 7.50. The highest BCUT2D eigenvalue weighted by Gasteiger charge is 2.30. The number of aryl methyl sites for hydroxylation is 1. The number of esters is 1. The highest BCUT2D eigenvalue weighted by molar-refractivity contribution is 6.05. The molecule has 0 bridgehead atoms. The van der Waals surface area contributed by atoms with E-state index in [2.05, 4.69) is 15.2 Å². The van der Waals surface area contributed by atoms with E-state index in [1.165, 1.54) is 12.1 Å². The second kappa shape index (κ2) is 5.55. The van der Waals surface area contributed by atoms with E-state index >= 15 is 0 Å². The lowest BCUT2D eigenvalue weighted by Gasteiger charge is -2.02. The summed E-state index contributed by atoms with van der Waals surface area (Å²) in [5, 5.41) is 6.85. The van der Waals surface area contributed by atoms with Crippen molar-refractivity contribution in [2.24, 2.45) is 0 Å². The molecule has 0 atom stereocenters. The highest BCUT2D eigenvalue weighted by Crippen LogP contribution is 2.31. The van der Waals surface area contributed by atoms with Crippen molar-refractivity contribution in [1.29, 1.82) is 0 Å². The Kier molecular flexibility index (Phi) is 3.35. The van der Waals surface area contributed by atoms with Crippen LogP contribution in [-0.2, 0) is 4.74 Å². The first-order valence-corrected chi connectivity index (χ1v) is 7.50. The van der Waals surface area contributed by atoms with Crippen LogP contribution in [0.2, 0.25) is 0 Å². The fraction of sp³-hybridized carbons (Fsp3) is 0.0556. The van der Waals surface area contributed by atoms with Gasteiger partial charge in [-0.05, 0) is 43.3 Å². The molecule has 0 aliphatic carbocycles. The summed E-state index contributed by atoms with van der Waals surface area (Å²) in [5.41, 5.74) is 2.62. The van der Waals surface area contributed by atoms with Crippen molar-refractivity contribution in [3.05, 3.63) is 75.1 Å². The van der Waals surface area contributed by atoms with E-state index in [1.807, 2.05) is 0 Å². The monoisotopic (exact) mass is 337 g/mol. The van der Waals surface area contributed by atoms with Crippen molar-refractivity contribution < 1.29 is 13.9 Å². The Morgan fingerprint density at radius 1 is 1.20 bits per heavy atom. The zero-order valence-corrected chi connectivity index (χ0v) is 13.1. The number of ether oxygens (including phenoxy) is 1. The number of nitrogens with one attached hydrogen (secondary N) is 2. The molecule has 1 aliphatic rings. The van der Waals surface area contributed by atoms with E-state index < -0.39 is 11.5 Å². The van der Waals surface area contributed by atoms with Gasteiger partial charge < -0.3 is 9.72 Å². The van der Waals surface area contributed by atoms with Gasteiger partial charge in [-0.2, -0.15) is 5.10 Å². The topological polar surface area (TPSA) is 87.8 Å². The van der Waals surface area contributed by atoms with Crippen molar-refractivity contribution in [2.75, 3.05) is 0 Å². The molecular weight excluding hydrogens is 325 g/mol. The van der Waals surface area contributed by atoms with Gasteiger partial charge in [0.1, 0.15) is 17.1 Å². The van der Waals surface area contributed by atoms with Crippen LogP contribution in [0.15, 0.2) is 41.3 Å². The minimum atomic E-state index is -0.686. The molecule has 0 saturated heterocycles. The van der Waals surface area contributed by atoms with E-state index in [-0.39, 0.29) is 17.1 Å². The average Bonchev–Trinajstić information content (AvgIpc) is 3.14. The standard InChI is InChI=1S/C18H12FN3O3/c1-9-6-13-14(25-18(24)15(13)17(23)21-9)7-11-8-20-22-16(11)10-2-4-12(19)5-3-10/h2-8H,1H3,(H,20,22)(H,21,23)/b14-7+. The maximum atomic E-state index is 13.1. The first kappa shape index (κ1) is 15.1. The summed E-state index contributed by atoms with van der Waals surface area (Å²) in [7, 11) is 0. The molecule has 1 aliphatic heterocycles. The largest absolute Gasteiger partial charge is 0.422 e. The fourth-order valence-corrected chi connectivity index (χ4v) is 2.79. The number of benzene rings is 1. The van der Waals surface area contributed by atoms with Crippen LogP contribution < -0.4 is 5.56 Å². The molecule has 0 amide bonds. The number of carbonyl (C=O) groups excluding carboxylic acids is 1. The number of H-pyrrole nitrogens is 2. The van der Waals surface area contributed by atoms with Crippen LogP contribution in [0.25, 0.3) is 23.1 Å². The number of hydrogen-bond donors (Lipinski definition) is 2. The molecule has 0 fully saturated rings. The third-order valence-electron chi connectivity index (χ3n) is 3.93. The molecule has 2 aromatic heterocycles. The lowest BCUT2D eigenvalue weighted by Crippen LogP contribution is -2.16. The molecule has 1 aromatic carbocycles. The van der Waals surface area contributed by atoms with Crippen molar-refractivity contribution in [3.8, 4) is 11.3 Å². The van der Waals surface area contributed by atoms with Gasteiger partial charge in [0.25, 0.3) is 5.56 Å². The van der Waals surface area contributed by atoms with Crippen molar-refractivity contribution >= 4 is 17.8 Å². The lowest BCUT2D eigenvalue weighted by molar-refractivity contribution is 0.0715. The summed E-state index contributed by atoms with van der Waals surface area (Å²) >= 11 is 0. The molecule has 0 spiro atoms. The van der Waals surface area contributed by atoms with Gasteiger partial charge >= 0.3 is 5.97 Å². The van der Waals surface area contributed by atoms with E-state index in [9.17, 15) is 14.0 Å². The smallest absolute Gasteiger partial charge is 0.349 e. The zero-order valence-electron chi connectivity index (χ0n) is 13.1. The maximum absolute atomic E-state index is 13.1. The maximum Gasteiger partial charge on any atom is 0.349 e. The molecular formula is C18H12FN3O3. The molecule has 0 radical (unpaired) electrons. The van der Waals surface area contributed by atoms with Crippen LogP contribution in [0.5, 0.6) is 0 Å². The van der Waals surface area contributed by atoms with Crippen LogP contribution in [0.4, 0.5) is 4.39 Å². The number of carbonyl (C=O) groups is 1. The minimum absolute atomic E-state index is 0.0105. The summed E-state index contributed by atoms with van der Waals surface area (Å²) in [5.74, 6) is -0.746. The number of pyridine rings is 1. The van der Waals surface area contributed by atoms with Gasteiger partial charge in [0, 0.05) is 22.4 Å². The Balaban J connectivity index is 1.83. The third-order valence-corrected chi connectivity index (χ3v) is 3.93. The van der Waals surface area contributed by atoms with Crippen LogP contribution in [-0.4, -0.2) is 21.2 Å². The number of fused-ring (bicyclic) bond motifs is 1. The predicted octanol–water partition coefficient (Wildman–Crippen LogP) is 2.88. The molecule has 2 N–H and O–H groups in total. The number of aromatic amines is 2. The predicted molar refractivity (Wildman–Crippen MR) is 89.1 cm³/mol. The average molecular weight is 337 g/mol. The number of hydrogen-bond acceptors (Lipinski definition) is 4. The van der Waals surface area contributed by atoms with Crippen LogP contribution in [0.1, 0.15) is 27.2 Å². The minimum Gasteiger partial charge on any atom is -0.422 e. The molecule has 3 aromatic rings.